The van der Waals surface area contributed by atoms with Gasteiger partial charge in [-0.25, -0.2) is 0 Å². The summed E-state index contributed by atoms with van der Waals surface area (Å²) in [5.74, 6) is 0.0872. The van der Waals surface area contributed by atoms with E-state index in [0.29, 0.717) is 24.5 Å². The number of carbonyl (C=O) groups is 1. The van der Waals surface area contributed by atoms with Gasteiger partial charge >= 0.3 is 0 Å². The molecule has 1 aromatic carbocycles. The van der Waals surface area contributed by atoms with E-state index in [9.17, 15) is 20.0 Å². The Hall–Kier alpha value is -3.31. The molecule has 0 aliphatic heterocycles. The van der Waals surface area contributed by atoms with Crippen LogP contribution in [0.2, 0.25) is 0 Å². The van der Waals surface area contributed by atoms with E-state index in [-0.39, 0.29) is 35.9 Å². The Balaban J connectivity index is 2.26. The zero-order chi connectivity index (χ0) is 22.3. The Bertz CT molecular complexity index is 987. The molecule has 8 heteroatoms. The summed E-state index contributed by atoms with van der Waals surface area (Å²) in [4.78, 5) is 25.3. The van der Waals surface area contributed by atoms with Crippen molar-refractivity contribution in [3.63, 3.8) is 0 Å². The highest BCUT2D eigenvalue weighted by Gasteiger charge is 2.24. The maximum Gasteiger partial charge on any atom is 0.271 e. The number of nitriles is 1. The van der Waals surface area contributed by atoms with Gasteiger partial charge in [0.25, 0.3) is 5.56 Å². The molecule has 2 rings (SSSR count). The number of aromatic nitrogens is 1. The van der Waals surface area contributed by atoms with Crippen molar-refractivity contribution in [2.24, 2.45) is 0 Å². The van der Waals surface area contributed by atoms with Gasteiger partial charge in [-0.3, -0.25) is 14.2 Å². The lowest BCUT2D eigenvalue weighted by Gasteiger charge is -2.16. The van der Waals surface area contributed by atoms with E-state index in [2.05, 4.69) is 0 Å². The zero-order valence-electron chi connectivity index (χ0n) is 17.6. The molecule has 1 heterocycles. The van der Waals surface area contributed by atoms with Gasteiger partial charge in [-0.05, 0) is 57.0 Å². The number of methoxy groups -OCH3 is 1. The van der Waals surface area contributed by atoms with Crippen molar-refractivity contribution in [1.82, 2.24) is 4.57 Å². The van der Waals surface area contributed by atoms with Crippen LogP contribution in [0.3, 0.4) is 0 Å². The van der Waals surface area contributed by atoms with Crippen molar-refractivity contribution in [3.05, 3.63) is 51.3 Å². The normalized spacial score (nSPS) is 10.7. The molecule has 0 saturated heterocycles. The molecule has 160 valence electrons. The van der Waals surface area contributed by atoms with Crippen LogP contribution in [0.1, 0.15) is 41.8 Å². The third kappa shape index (κ3) is 5.39. The summed E-state index contributed by atoms with van der Waals surface area (Å²) in [5.41, 5.74) is -0.766. The van der Waals surface area contributed by atoms with Gasteiger partial charge in [0.1, 0.15) is 23.1 Å². The summed E-state index contributed by atoms with van der Waals surface area (Å²) in [6, 6.07) is 8.52. The fraction of sp³-hybridized carbons (Fsp3) is 0.409. The van der Waals surface area contributed by atoms with Crippen LogP contribution in [0.25, 0.3) is 0 Å². The van der Waals surface area contributed by atoms with Crippen molar-refractivity contribution in [3.8, 4) is 23.4 Å². The van der Waals surface area contributed by atoms with Crippen LogP contribution < -0.4 is 15.0 Å². The standard InChI is InChI=1S/C22H26N2O6/c1-14(2)29-11-5-10-24-21(26)18(12-23)15(3)20(22(24)27)19(25)13-30-17-8-6-16(28-4)7-9-17/h6-9,14,27H,5,10-11,13H2,1-4H3. The molecule has 1 N–H and O–H groups in total. The molecular formula is C22H26N2O6. The Labute approximate surface area is 175 Å². The number of nitrogens with zero attached hydrogens (tertiary/aromatic N) is 2. The molecule has 0 amide bonds. The summed E-state index contributed by atoms with van der Waals surface area (Å²) in [7, 11) is 1.54. The van der Waals surface area contributed by atoms with Gasteiger partial charge in [0.15, 0.2) is 6.61 Å². The first kappa shape index (κ1) is 23.0. The molecule has 0 fully saturated rings. The molecule has 0 aliphatic carbocycles. The number of ether oxygens (including phenoxy) is 3. The SMILES string of the molecule is COc1ccc(OCC(=O)c2c(C)c(C#N)c(=O)n(CCCOC(C)C)c2O)cc1. The molecule has 0 unspecified atom stereocenters. The topological polar surface area (TPSA) is 111 Å². The first-order valence-electron chi connectivity index (χ1n) is 9.58. The van der Waals surface area contributed by atoms with Gasteiger partial charge in [-0.15, -0.1) is 0 Å². The minimum Gasteiger partial charge on any atom is -0.497 e. The smallest absolute Gasteiger partial charge is 0.271 e. The van der Waals surface area contributed by atoms with Crippen LogP contribution in [0.15, 0.2) is 29.1 Å². The third-order valence-electron chi connectivity index (χ3n) is 4.49. The molecule has 1 aromatic heterocycles. The second-order valence-electron chi connectivity index (χ2n) is 6.93. The van der Waals surface area contributed by atoms with Crippen molar-refractivity contribution >= 4 is 5.78 Å². The number of Topliss-reactive ketones (excluding diaryl/α,β-unsaturated/α-hetero) is 1. The fourth-order valence-electron chi connectivity index (χ4n) is 2.93. The molecule has 0 aliphatic rings. The summed E-state index contributed by atoms with van der Waals surface area (Å²) < 4.78 is 17.0. The van der Waals surface area contributed by atoms with Gasteiger partial charge in [0.05, 0.1) is 18.8 Å². The number of benzene rings is 1. The Morgan fingerprint density at radius 2 is 1.87 bits per heavy atom. The lowest BCUT2D eigenvalue weighted by atomic mass is 10.0. The van der Waals surface area contributed by atoms with Crippen LogP contribution in [-0.4, -0.2) is 41.9 Å². The average Bonchev–Trinajstić information content (AvgIpc) is 2.72. The number of ketones is 1. The van der Waals surface area contributed by atoms with Crippen molar-refractivity contribution in [2.75, 3.05) is 20.3 Å². The van der Waals surface area contributed by atoms with E-state index in [0.717, 1.165) is 4.57 Å². The van der Waals surface area contributed by atoms with Crippen molar-refractivity contribution in [1.29, 1.82) is 5.26 Å². The van der Waals surface area contributed by atoms with Gasteiger partial charge < -0.3 is 19.3 Å². The highest BCUT2D eigenvalue weighted by atomic mass is 16.5. The zero-order valence-corrected chi connectivity index (χ0v) is 17.6. The maximum atomic E-state index is 12.8. The number of hydrogen-bond acceptors (Lipinski definition) is 7. The highest BCUT2D eigenvalue weighted by molar-refractivity contribution is 6.01. The number of aromatic hydroxyl groups is 1. The van der Waals surface area contributed by atoms with E-state index in [4.69, 9.17) is 14.2 Å². The second kappa shape index (κ2) is 10.5. The largest absolute Gasteiger partial charge is 0.497 e. The predicted octanol–water partition coefficient (Wildman–Crippen LogP) is 2.82. The van der Waals surface area contributed by atoms with E-state index in [1.807, 2.05) is 19.9 Å². The van der Waals surface area contributed by atoms with Crippen LogP contribution >= 0.6 is 0 Å². The average molecular weight is 414 g/mol. The molecule has 8 nitrogen and oxygen atoms in total. The minimum atomic E-state index is -0.635. The quantitative estimate of drug-likeness (QED) is 0.470. The van der Waals surface area contributed by atoms with Crippen molar-refractivity contribution < 1.29 is 24.1 Å². The third-order valence-corrected chi connectivity index (χ3v) is 4.49. The molecule has 0 saturated carbocycles. The maximum absolute atomic E-state index is 12.8. The van der Waals surface area contributed by atoms with Gasteiger partial charge in [-0.1, -0.05) is 0 Å². The Morgan fingerprint density at radius 1 is 1.23 bits per heavy atom. The molecule has 30 heavy (non-hydrogen) atoms. The second-order valence-corrected chi connectivity index (χ2v) is 6.93. The van der Waals surface area contributed by atoms with Crippen LogP contribution in [-0.2, 0) is 11.3 Å². The summed E-state index contributed by atoms with van der Waals surface area (Å²) in [6.45, 7) is 5.38. The number of pyridine rings is 1. The van der Waals surface area contributed by atoms with Crippen LogP contribution in [0.5, 0.6) is 17.4 Å². The lowest BCUT2D eigenvalue weighted by Crippen LogP contribution is -2.28. The summed E-state index contributed by atoms with van der Waals surface area (Å²) in [6.07, 6.45) is 0.477. The van der Waals surface area contributed by atoms with Gasteiger partial charge in [0, 0.05) is 13.2 Å². The summed E-state index contributed by atoms with van der Waals surface area (Å²) in [5, 5.41) is 20.0. The summed E-state index contributed by atoms with van der Waals surface area (Å²) >= 11 is 0. The van der Waals surface area contributed by atoms with E-state index >= 15 is 0 Å². The number of hydrogen-bond donors (Lipinski definition) is 1. The van der Waals surface area contributed by atoms with Crippen LogP contribution in [0, 0.1) is 18.3 Å². The van der Waals surface area contributed by atoms with Gasteiger partial charge in [-0.2, -0.15) is 5.26 Å². The minimum absolute atomic E-state index is 0.0373. The van der Waals surface area contributed by atoms with Gasteiger partial charge in [0.2, 0.25) is 11.7 Å². The monoisotopic (exact) mass is 414 g/mol. The fourth-order valence-corrected chi connectivity index (χ4v) is 2.93. The number of carbonyl (C=O) groups excluding carboxylic acids is 1. The first-order chi connectivity index (χ1) is 14.3. The van der Waals surface area contributed by atoms with Crippen molar-refractivity contribution in [2.45, 2.75) is 39.8 Å². The molecule has 0 bridgehead atoms. The molecule has 0 radical (unpaired) electrons. The molecule has 2 aromatic rings. The molecular weight excluding hydrogens is 388 g/mol. The molecule has 0 atom stereocenters. The van der Waals surface area contributed by atoms with E-state index in [1.165, 1.54) is 6.92 Å². The Kier molecular flexibility index (Phi) is 8.01. The predicted molar refractivity (Wildman–Crippen MR) is 110 cm³/mol. The van der Waals surface area contributed by atoms with Crippen LogP contribution in [0.4, 0.5) is 0 Å². The van der Waals surface area contributed by atoms with E-state index in [1.54, 1.807) is 31.4 Å². The first-order valence-corrected chi connectivity index (χ1v) is 9.58. The number of rotatable bonds is 10. The molecule has 0 spiro atoms. The highest BCUT2D eigenvalue weighted by Crippen LogP contribution is 2.23. The lowest BCUT2D eigenvalue weighted by molar-refractivity contribution is 0.0743. The Morgan fingerprint density at radius 3 is 2.43 bits per heavy atom. The van der Waals surface area contributed by atoms with E-state index < -0.39 is 17.2 Å².